The molecule has 0 fully saturated rings. The van der Waals surface area contributed by atoms with Crippen LogP contribution in [0.3, 0.4) is 0 Å². The van der Waals surface area contributed by atoms with Gasteiger partial charge in [0.2, 0.25) is 11.2 Å². The van der Waals surface area contributed by atoms with Crippen LogP contribution in [0.15, 0.2) is 84.9 Å². The fraction of sp³-hybridized carbons (Fsp3) is 0.179. The predicted octanol–water partition coefficient (Wildman–Crippen LogP) is 5.64. The Hall–Kier alpha value is -3.48. The second kappa shape index (κ2) is 10.6. The van der Waals surface area contributed by atoms with E-state index in [1.54, 1.807) is 7.11 Å². The van der Waals surface area contributed by atoms with Crippen molar-refractivity contribution in [3.63, 3.8) is 0 Å². The molecule has 0 unspecified atom stereocenters. The highest BCUT2D eigenvalue weighted by atomic mass is 32.2. The van der Waals surface area contributed by atoms with E-state index in [1.165, 1.54) is 11.1 Å². The molecule has 0 atom stereocenters. The van der Waals surface area contributed by atoms with E-state index in [0.29, 0.717) is 19.4 Å². The maximum Gasteiger partial charge on any atom is 0.264 e. The minimum atomic E-state index is -3.95. The zero-order valence-electron chi connectivity index (χ0n) is 19.1. The minimum Gasteiger partial charge on any atom is -0.497 e. The number of aromatic nitrogens is 1. The van der Waals surface area contributed by atoms with Gasteiger partial charge in [-0.2, -0.15) is 13.0 Å². The van der Waals surface area contributed by atoms with E-state index in [0.717, 1.165) is 27.9 Å². The predicted molar refractivity (Wildman–Crippen MR) is 137 cm³/mol. The van der Waals surface area contributed by atoms with Crippen molar-refractivity contribution in [3.05, 3.63) is 96.2 Å². The molecule has 0 amide bonds. The van der Waals surface area contributed by atoms with Gasteiger partial charge in [0.05, 0.1) is 18.2 Å². The van der Waals surface area contributed by atoms with Gasteiger partial charge in [0.25, 0.3) is 10.1 Å². The molecule has 0 spiro atoms. The molecule has 0 saturated carbocycles. The van der Waals surface area contributed by atoms with E-state index in [4.69, 9.17) is 9.29 Å². The number of benzene rings is 3. The molecular formula is C28H28NO4S+. The summed E-state index contributed by atoms with van der Waals surface area (Å²) in [5, 5.41) is 1.04. The second-order valence-electron chi connectivity index (χ2n) is 8.15. The number of nitrogens with zero attached hydrogens (tertiary/aromatic N) is 1. The summed E-state index contributed by atoms with van der Waals surface area (Å²) < 4.78 is 38.8. The molecule has 0 saturated heterocycles. The number of hydrogen-bond acceptors (Lipinski definition) is 3. The molecule has 0 aliphatic rings. The highest BCUT2D eigenvalue weighted by molar-refractivity contribution is 7.85. The monoisotopic (exact) mass is 474 g/mol. The van der Waals surface area contributed by atoms with Gasteiger partial charge in [0.1, 0.15) is 12.3 Å². The second-order valence-corrected chi connectivity index (χ2v) is 9.72. The first-order chi connectivity index (χ1) is 16.4. The third kappa shape index (κ3) is 6.10. The normalized spacial score (nSPS) is 11.8. The van der Waals surface area contributed by atoms with E-state index in [9.17, 15) is 8.42 Å². The Labute approximate surface area is 200 Å². The Kier molecular flexibility index (Phi) is 7.40. The summed E-state index contributed by atoms with van der Waals surface area (Å²) in [7, 11) is -2.31. The van der Waals surface area contributed by atoms with Crippen LogP contribution in [-0.2, 0) is 16.7 Å². The Morgan fingerprint density at radius 3 is 2.29 bits per heavy atom. The van der Waals surface area contributed by atoms with Gasteiger partial charge >= 0.3 is 0 Å². The molecule has 174 valence electrons. The topological polar surface area (TPSA) is 67.5 Å². The highest BCUT2D eigenvalue weighted by Gasteiger charge is 2.15. The molecule has 1 N–H and O–H groups in total. The van der Waals surface area contributed by atoms with Crippen LogP contribution in [0.2, 0.25) is 0 Å². The molecule has 0 aliphatic heterocycles. The van der Waals surface area contributed by atoms with Gasteiger partial charge in [-0.25, -0.2) is 0 Å². The average molecular weight is 475 g/mol. The first-order valence-electron chi connectivity index (χ1n) is 11.2. The first-order valence-corrected chi connectivity index (χ1v) is 12.8. The summed E-state index contributed by atoms with van der Waals surface area (Å²) in [6.07, 6.45) is 5.17. The van der Waals surface area contributed by atoms with Gasteiger partial charge in [-0.3, -0.25) is 4.55 Å². The maximum atomic E-state index is 11.1. The summed E-state index contributed by atoms with van der Waals surface area (Å²) in [6.45, 7) is 0.631. The molecule has 1 aromatic heterocycles. The fourth-order valence-electron chi connectivity index (χ4n) is 3.99. The SMILES string of the molecule is COc1ccc2c(ccc(/C=C/c3ccc(-c4ccccc4)cc3)[n+]2CCCCS(=O)(=O)O)c1. The molecule has 0 aliphatic carbocycles. The summed E-state index contributed by atoms with van der Waals surface area (Å²) in [6, 6.07) is 28.7. The van der Waals surface area contributed by atoms with Crippen LogP contribution in [0.5, 0.6) is 5.75 Å². The molecule has 0 radical (unpaired) electrons. The average Bonchev–Trinajstić information content (AvgIpc) is 2.85. The molecule has 0 bridgehead atoms. The number of rotatable bonds is 9. The van der Waals surface area contributed by atoms with Gasteiger partial charge in [-0.05, 0) is 47.4 Å². The molecular weight excluding hydrogens is 446 g/mol. The van der Waals surface area contributed by atoms with Crippen molar-refractivity contribution >= 4 is 33.2 Å². The van der Waals surface area contributed by atoms with Gasteiger partial charge in [0, 0.05) is 24.6 Å². The van der Waals surface area contributed by atoms with Gasteiger partial charge in [0.15, 0.2) is 0 Å². The zero-order chi connectivity index (χ0) is 24.0. The Balaban J connectivity index is 1.60. The Bertz CT molecular complexity index is 1400. The van der Waals surface area contributed by atoms with Crippen molar-refractivity contribution in [2.24, 2.45) is 0 Å². The Morgan fingerprint density at radius 1 is 0.853 bits per heavy atom. The molecule has 4 rings (SSSR count). The summed E-state index contributed by atoms with van der Waals surface area (Å²) in [5.41, 5.74) is 5.50. The number of hydrogen-bond donors (Lipinski definition) is 1. The number of ether oxygens (including phenoxy) is 1. The van der Waals surface area contributed by atoms with Gasteiger partial charge < -0.3 is 4.74 Å². The largest absolute Gasteiger partial charge is 0.497 e. The van der Waals surface area contributed by atoms with Crippen molar-refractivity contribution in [1.82, 2.24) is 0 Å². The zero-order valence-corrected chi connectivity index (χ0v) is 19.9. The van der Waals surface area contributed by atoms with Crippen LogP contribution in [0, 0.1) is 0 Å². The van der Waals surface area contributed by atoms with Crippen LogP contribution in [0.4, 0.5) is 0 Å². The van der Waals surface area contributed by atoms with Crippen LogP contribution < -0.4 is 9.30 Å². The lowest BCUT2D eigenvalue weighted by molar-refractivity contribution is -0.673. The number of aryl methyl sites for hydroxylation is 1. The van der Waals surface area contributed by atoms with Crippen molar-refractivity contribution in [2.45, 2.75) is 19.4 Å². The van der Waals surface area contributed by atoms with E-state index in [2.05, 4.69) is 65.3 Å². The lowest BCUT2D eigenvalue weighted by atomic mass is 10.0. The van der Waals surface area contributed by atoms with Crippen molar-refractivity contribution in [3.8, 4) is 16.9 Å². The molecule has 4 aromatic rings. The number of pyridine rings is 1. The lowest BCUT2D eigenvalue weighted by Gasteiger charge is -2.07. The maximum absolute atomic E-state index is 11.1. The van der Waals surface area contributed by atoms with Crippen LogP contribution in [0.1, 0.15) is 24.1 Å². The molecule has 6 heteroatoms. The van der Waals surface area contributed by atoms with Crippen LogP contribution in [0.25, 0.3) is 34.2 Å². The molecule has 5 nitrogen and oxygen atoms in total. The number of methoxy groups -OCH3 is 1. The van der Waals surface area contributed by atoms with Gasteiger partial charge in [-0.15, -0.1) is 0 Å². The van der Waals surface area contributed by atoms with E-state index in [1.807, 2.05) is 36.4 Å². The van der Waals surface area contributed by atoms with Crippen LogP contribution >= 0.6 is 0 Å². The van der Waals surface area contributed by atoms with Gasteiger partial charge in [-0.1, -0.05) is 54.6 Å². The van der Waals surface area contributed by atoms with Crippen molar-refractivity contribution < 1.29 is 22.3 Å². The molecule has 1 heterocycles. The molecule has 34 heavy (non-hydrogen) atoms. The van der Waals surface area contributed by atoms with E-state index < -0.39 is 10.1 Å². The van der Waals surface area contributed by atoms with Crippen molar-refractivity contribution in [2.75, 3.05) is 12.9 Å². The minimum absolute atomic E-state index is 0.231. The lowest BCUT2D eigenvalue weighted by Crippen LogP contribution is -2.38. The summed E-state index contributed by atoms with van der Waals surface area (Å²) in [4.78, 5) is 0. The van der Waals surface area contributed by atoms with E-state index in [-0.39, 0.29) is 5.75 Å². The highest BCUT2D eigenvalue weighted by Crippen LogP contribution is 2.22. The summed E-state index contributed by atoms with van der Waals surface area (Å²) in [5.74, 6) is 0.553. The number of fused-ring (bicyclic) bond motifs is 1. The summed E-state index contributed by atoms with van der Waals surface area (Å²) >= 11 is 0. The first kappa shape index (κ1) is 23.7. The third-order valence-corrected chi connectivity index (χ3v) is 6.57. The van der Waals surface area contributed by atoms with E-state index >= 15 is 0 Å². The quantitative estimate of drug-likeness (QED) is 0.194. The molecule has 3 aromatic carbocycles. The Morgan fingerprint density at radius 2 is 1.59 bits per heavy atom. The fourth-order valence-corrected chi connectivity index (χ4v) is 4.56. The smallest absolute Gasteiger partial charge is 0.264 e. The van der Waals surface area contributed by atoms with Crippen molar-refractivity contribution in [1.29, 1.82) is 0 Å². The van der Waals surface area contributed by atoms with Crippen LogP contribution in [-0.4, -0.2) is 25.8 Å². The number of unbranched alkanes of at least 4 members (excludes halogenated alkanes) is 1. The third-order valence-electron chi connectivity index (χ3n) is 5.77. The standard InChI is InChI=1S/C28H27NO4S/c1-33-27-17-18-28-25(21-27)14-16-26(29(28)19-5-6-20-34(30,31)32)15-11-22-9-12-24(13-10-22)23-7-3-2-4-8-23/h2-4,7-18,21H,5-6,19-20H2,1H3/p+1/b15-11+.